The first-order valence-electron chi connectivity index (χ1n) is 9.94. The molecule has 6 nitrogen and oxygen atoms in total. The summed E-state index contributed by atoms with van der Waals surface area (Å²) in [7, 11) is 0. The van der Waals surface area contributed by atoms with Gasteiger partial charge in [-0.3, -0.25) is 4.90 Å². The fourth-order valence-electron chi connectivity index (χ4n) is 4.46. The number of nitrogens with one attached hydrogen (secondary N) is 1. The molecule has 2 unspecified atom stereocenters. The van der Waals surface area contributed by atoms with Crippen LogP contribution in [0.5, 0.6) is 0 Å². The molecule has 2 aliphatic rings. The Morgan fingerprint density at radius 1 is 1.19 bits per heavy atom. The van der Waals surface area contributed by atoms with Crippen molar-refractivity contribution in [3.63, 3.8) is 0 Å². The number of morpholine rings is 1. The van der Waals surface area contributed by atoms with Gasteiger partial charge in [0.2, 0.25) is 0 Å². The Balaban J connectivity index is 1.42. The molecule has 1 saturated carbocycles. The fourth-order valence-corrected chi connectivity index (χ4v) is 4.46. The zero-order valence-electron chi connectivity index (χ0n) is 16.1. The number of benzene rings is 1. The van der Waals surface area contributed by atoms with Gasteiger partial charge in [0.25, 0.3) is 0 Å². The Hall–Kier alpha value is -2.23. The van der Waals surface area contributed by atoms with Crippen LogP contribution in [0.2, 0.25) is 0 Å². The molecule has 1 aliphatic carbocycles. The second-order valence-corrected chi connectivity index (χ2v) is 7.77. The summed E-state index contributed by atoms with van der Waals surface area (Å²) < 4.78 is 5.78. The monoisotopic (exact) mass is 365 g/mol. The zero-order valence-corrected chi connectivity index (χ0v) is 16.1. The summed E-state index contributed by atoms with van der Waals surface area (Å²) in [6, 6.07) is 9.32. The van der Waals surface area contributed by atoms with Gasteiger partial charge in [-0.2, -0.15) is 5.26 Å². The van der Waals surface area contributed by atoms with E-state index in [1.54, 1.807) is 12.4 Å². The molecule has 27 heavy (non-hydrogen) atoms. The SMILES string of the molecule is CC1OCCN([C@H]2CC[C@@H](Nc3ncnc4ccc(C#N)cc34)CC2)C1C. The number of aromatic nitrogens is 2. The van der Waals surface area contributed by atoms with Gasteiger partial charge in [-0.25, -0.2) is 9.97 Å². The minimum absolute atomic E-state index is 0.316. The number of nitriles is 1. The number of hydrogen-bond donors (Lipinski definition) is 1. The molecule has 4 rings (SSSR count). The van der Waals surface area contributed by atoms with E-state index in [1.165, 1.54) is 12.8 Å². The first kappa shape index (κ1) is 18.1. The molecule has 0 amide bonds. The lowest BCUT2D eigenvalue weighted by atomic mass is 9.88. The number of nitrogens with zero attached hydrogens (tertiary/aromatic N) is 4. The van der Waals surface area contributed by atoms with Gasteiger partial charge in [-0.1, -0.05) is 0 Å². The van der Waals surface area contributed by atoms with Crippen molar-refractivity contribution in [3.05, 3.63) is 30.1 Å². The Bertz CT molecular complexity index is 840. The predicted molar refractivity (Wildman–Crippen MR) is 106 cm³/mol. The fraction of sp³-hybridized carbons (Fsp3) is 0.571. The highest BCUT2D eigenvalue weighted by molar-refractivity contribution is 5.89. The van der Waals surface area contributed by atoms with Crippen LogP contribution < -0.4 is 5.32 Å². The molecule has 0 radical (unpaired) electrons. The molecule has 2 fully saturated rings. The average molecular weight is 365 g/mol. The third-order valence-corrected chi connectivity index (χ3v) is 6.20. The summed E-state index contributed by atoms with van der Waals surface area (Å²) in [5.41, 5.74) is 1.51. The van der Waals surface area contributed by atoms with Crippen LogP contribution >= 0.6 is 0 Å². The molecule has 0 bridgehead atoms. The largest absolute Gasteiger partial charge is 0.376 e. The summed E-state index contributed by atoms with van der Waals surface area (Å²) in [5, 5.41) is 13.7. The predicted octanol–water partition coefficient (Wildman–Crippen LogP) is 3.33. The molecule has 1 aromatic heterocycles. The van der Waals surface area contributed by atoms with E-state index < -0.39 is 0 Å². The van der Waals surface area contributed by atoms with Crippen molar-refractivity contribution in [1.82, 2.24) is 14.9 Å². The minimum Gasteiger partial charge on any atom is -0.376 e. The van der Waals surface area contributed by atoms with E-state index in [9.17, 15) is 5.26 Å². The standard InChI is InChI=1S/C21H27N5O/c1-14-15(2)27-10-9-26(14)18-6-4-17(5-7-18)25-21-19-11-16(12-22)3-8-20(19)23-13-24-21/h3,8,11,13-15,17-18H,4-7,9-10H2,1-2H3,(H,23,24,25)/t14?,15?,17-,18+. The van der Waals surface area contributed by atoms with Gasteiger partial charge in [0.05, 0.1) is 29.9 Å². The van der Waals surface area contributed by atoms with Crippen molar-refractivity contribution in [2.75, 3.05) is 18.5 Å². The van der Waals surface area contributed by atoms with Crippen LogP contribution in [0, 0.1) is 11.3 Å². The van der Waals surface area contributed by atoms with Gasteiger partial charge in [0.1, 0.15) is 12.1 Å². The van der Waals surface area contributed by atoms with Crippen molar-refractivity contribution in [1.29, 1.82) is 5.26 Å². The average Bonchev–Trinajstić information content (AvgIpc) is 2.71. The molecule has 2 atom stereocenters. The second kappa shape index (κ2) is 7.79. The Labute approximate surface area is 160 Å². The van der Waals surface area contributed by atoms with Crippen molar-refractivity contribution < 1.29 is 4.74 Å². The van der Waals surface area contributed by atoms with Gasteiger partial charge in [0.15, 0.2) is 0 Å². The molecule has 1 N–H and O–H groups in total. The van der Waals surface area contributed by atoms with Crippen LogP contribution in [0.25, 0.3) is 10.9 Å². The van der Waals surface area contributed by atoms with E-state index in [2.05, 4.69) is 40.1 Å². The van der Waals surface area contributed by atoms with Crippen molar-refractivity contribution in [3.8, 4) is 6.07 Å². The number of anilines is 1. The molecule has 142 valence electrons. The lowest BCUT2D eigenvalue weighted by Gasteiger charge is -2.45. The molecule has 2 heterocycles. The minimum atomic E-state index is 0.316. The van der Waals surface area contributed by atoms with Gasteiger partial charge >= 0.3 is 0 Å². The molecule has 1 aliphatic heterocycles. The Morgan fingerprint density at radius 3 is 2.78 bits per heavy atom. The lowest BCUT2D eigenvalue weighted by Crippen LogP contribution is -2.54. The summed E-state index contributed by atoms with van der Waals surface area (Å²) in [5.74, 6) is 0.842. The maximum Gasteiger partial charge on any atom is 0.137 e. The number of rotatable bonds is 3. The van der Waals surface area contributed by atoms with E-state index in [-0.39, 0.29) is 0 Å². The van der Waals surface area contributed by atoms with Gasteiger partial charge < -0.3 is 10.1 Å². The van der Waals surface area contributed by atoms with Crippen LogP contribution in [0.1, 0.15) is 45.1 Å². The van der Waals surface area contributed by atoms with Gasteiger partial charge in [-0.05, 0) is 57.7 Å². The zero-order chi connectivity index (χ0) is 18.8. The van der Waals surface area contributed by atoms with E-state index in [0.29, 0.717) is 29.8 Å². The van der Waals surface area contributed by atoms with Crippen LogP contribution in [0.15, 0.2) is 24.5 Å². The lowest BCUT2D eigenvalue weighted by molar-refractivity contribution is -0.0766. The summed E-state index contributed by atoms with van der Waals surface area (Å²) in [4.78, 5) is 11.4. The van der Waals surface area contributed by atoms with Crippen LogP contribution in [-0.4, -0.2) is 52.2 Å². The van der Waals surface area contributed by atoms with E-state index in [0.717, 1.165) is 42.7 Å². The molecular formula is C21H27N5O. The number of fused-ring (bicyclic) bond motifs is 1. The molecule has 2 aromatic rings. The highest BCUT2D eigenvalue weighted by atomic mass is 16.5. The van der Waals surface area contributed by atoms with Crippen LogP contribution in [-0.2, 0) is 4.74 Å². The number of ether oxygens (including phenoxy) is 1. The Morgan fingerprint density at radius 2 is 2.00 bits per heavy atom. The third-order valence-electron chi connectivity index (χ3n) is 6.20. The smallest absolute Gasteiger partial charge is 0.137 e. The van der Waals surface area contributed by atoms with Crippen molar-refractivity contribution in [2.24, 2.45) is 0 Å². The van der Waals surface area contributed by atoms with Crippen LogP contribution in [0.3, 0.4) is 0 Å². The third kappa shape index (κ3) is 3.76. The first-order chi connectivity index (χ1) is 13.2. The summed E-state index contributed by atoms with van der Waals surface area (Å²) in [6.07, 6.45) is 6.57. The molecular weight excluding hydrogens is 338 g/mol. The normalized spacial score (nSPS) is 29.4. The van der Waals surface area contributed by atoms with Crippen molar-refractivity contribution in [2.45, 2.75) is 63.8 Å². The maximum absolute atomic E-state index is 9.18. The first-order valence-corrected chi connectivity index (χ1v) is 9.94. The highest BCUT2D eigenvalue weighted by Crippen LogP contribution is 2.30. The quantitative estimate of drug-likeness (QED) is 0.899. The van der Waals surface area contributed by atoms with E-state index in [4.69, 9.17) is 4.74 Å². The van der Waals surface area contributed by atoms with Gasteiger partial charge in [-0.15, -0.1) is 0 Å². The highest BCUT2D eigenvalue weighted by Gasteiger charge is 2.33. The molecule has 0 spiro atoms. The molecule has 6 heteroatoms. The molecule has 1 saturated heterocycles. The second-order valence-electron chi connectivity index (χ2n) is 7.77. The summed E-state index contributed by atoms with van der Waals surface area (Å²) in [6.45, 7) is 6.35. The maximum atomic E-state index is 9.18. The Kier molecular flexibility index (Phi) is 5.24. The van der Waals surface area contributed by atoms with Crippen molar-refractivity contribution >= 4 is 16.7 Å². The van der Waals surface area contributed by atoms with Crippen LogP contribution in [0.4, 0.5) is 5.82 Å². The van der Waals surface area contributed by atoms with Gasteiger partial charge in [0, 0.05) is 30.1 Å². The summed E-state index contributed by atoms with van der Waals surface area (Å²) >= 11 is 0. The van der Waals surface area contributed by atoms with E-state index in [1.807, 2.05) is 12.1 Å². The number of hydrogen-bond acceptors (Lipinski definition) is 6. The molecule has 1 aromatic carbocycles. The van der Waals surface area contributed by atoms with E-state index >= 15 is 0 Å². The topological polar surface area (TPSA) is 74.1 Å².